The number of hydrogen-bond donors (Lipinski definition) is 3. The van der Waals surface area contributed by atoms with E-state index in [0.29, 0.717) is 12.8 Å². The summed E-state index contributed by atoms with van der Waals surface area (Å²) in [7, 11) is 2.57. The first kappa shape index (κ1) is 18.6. The predicted octanol–water partition coefficient (Wildman–Crippen LogP) is 4.26. The number of anilines is 3. The molecule has 1 saturated carbocycles. The van der Waals surface area contributed by atoms with Crippen LogP contribution in [-0.2, 0) is 11.8 Å². The van der Waals surface area contributed by atoms with Crippen LogP contribution in [0.5, 0.6) is 5.75 Å². The van der Waals surface area contributed by atoms with Crippen molar-refractivity contribution in [3.63, 3.8) is 0 Å². The number of carbonyl (C=O) groups is 2. The van der Waals surface area contributed by atoms with Gasteiger partial charge < -0.3 is 20.5 Å². The third kappa shape index (κ3) is 4.78. The second-order valence-corrected chi connectivity index (χ2v) is 7.96. The van der Waals surface area contributed by atoms with Crippen molar-refractivity contribution in [1.29, 1.82) is 0 Å². The largest absolute Gasteiger partial charge is 0.496 e. The zero-order valence-electron chi connectivity index (χ0n) is 23.5. The van der Waals surface area contributed by atoms with Crippen molar-refractivity contribution in [1.82, 2.24) is 14.8 Å². The normalized spacial score (nSPS) is 17.5. The molecule has 4 rings (SSSR count). The molecule has 2 heterocycles. The average Bonchev–Trinajstić information content (AvgIpc) is 3.66. The number of aliphatic hydroxyl groups excluding tert-OH is 1. The Kier molecular flexibility index (Phi) is 4.88. The highest BCUT2D eigenvalue weighted by atomic mass is 19.4. The van der Waals surface area contributed by atoms with Crippen molar-refractivity contribution < 1.29 is 39.5 Å². The molecule has 1 aromatic carbocycles. The number of benzene rings is 1. The third-order valence-corrected chi connectivity index (χ3v) is 5.52. The van der Waals surface area contributed by atoms with E-state index >= 15 is 0 Å². The topological polar surface area (TPSA) is 118 Å². The lowest BCUT2D eigenvalue weighted by Gasteiger charge is -2.18. The highest BCUT2D eigenvalue weighted by Crippen LogP contribution is 2.43. The third-order valence-electron chi connectivity index (χ3n) is 5.52. The Hall–Kier alpha value is -3.67. The quantitative estimate of drug-likeness (QED) is 0.399. The van der Waals surface area contributed by atoms with E-state index in [0.717, 1.165) is 25.4 Å². The SMILES string of the molecule is [2H]C([2H])([2H])C([2H])([2H])C(=O)c1cnc(NC(=O)C2CC2)cc1Nc1nn(C)c2ccc([C@H](O)C(F)(F)F)c(OC)c12. The van der Waals surface area contributed by atoms with Gasteiger partial charge in [-0.05, 0) is 18.9 Å². The van der Waals surface area contributed by atoms with E-state index in [1.807, 2.05) is 0 Å². The van der Waals surface area contributed by atoms with Crippen LogP contribution in [0.15, 0.2) is 24.4 Å². The number of nitrogens with zero attached hydrogens (tertiary/aromatic N) is 3. The van der Waals surface area contributed by atoms with Gasteiger partial charge in [0, 0.05) is 44.0 Å². The molecule has 186 valence electrons. The molecule has 2 aromatic heterocycles. The number of ether oxygens (including phenoxy) is 1. The molecule has 1 atom stereocenters. The van der Waals surface area contributed by atoms with Crippen molar-refractivity contribution in [3.8, 4) is 5.75 Å². The van der Waals surface area contributed by atoms with Gasteiger partial charge >= 0.3 is 6.18 Å². The number of aliphatic hydroxyl groups is 1. The summed E-state index contributed by atoms with van der Waals surface area (Å²) < 4.78 is 84.8. The van der Waals surface area contributed by atoms with Crippen LogP contribution in [0.1, 0.15) is 54.9 Å². The molecule has 0 saturated heterocycles. The lowest BCUT2D eigenvalue weighted by atomic mass is 10.0. The molecule has 1 aliphatic carbocycles. The fraction of sp³-hybridized carbons (Fsp3) is 0.391. The number of carbonyl (C=O) groups excluding carboxylic acids is 2. The first-order valence-corrected chi connectivity index (χ1v) is 10.4. The van der Waals surface area contributed by atoms with E-state index in [4.69, 9.17) is 11.6 Å². The number of halogens is 3. The minimum absolute atomic E-state index is 0.0246. The van der Waals surface area contributed by atoms with Crippen molar-refractivity contribution >= 4 is 39.9 Å². The molecule has 0 spiro atoms. The highest BCUT2D eigenvalue weighted by Gasteiger charge is 2.41. The molecule has 0 aliphatic heterocycles. The van der Waals surface area contributed by atoms with Crippen LogP contribution in [-0.4, -0.2) is 44.8 Å². The van der Waals surface area contributed by atoms with E-state index in [1.54, 1.807) is 0 Å². The number of alkyl halides is 3. The minimum atomic E-state index is -5.02. The van der Waals surface area contributed by atoms with Gasteiger partial charge in [0.1, 0.15) is 11.6 Å². The summed E-state index contributed by atoms with van der Waals surface area (Å²) in [5.74, 6) is -2.61. The maximum Gasteiger partial charge on any atom is 0.418 e. The Bertz CT molecular complexity index is 1490. The van der Waals surface area contributed by atoms with E-state index in [-0.39, 0.29) is 45.8 Å². The standard InChI is InChI=1S/C23H24F3N5O4/c1-4-16(32)13-10-27-17(29-22(34)11-5-6-11)9-14(13)28-21-18-15(31(2)30-21)8-7-12(19(18)35-3)20(33)23(24,25)26/h7-11,20,33H,4-6H2,1-3H3,(H2,27,28,29,30,34)/t20-/m0/s1/i1D3,4D2. The fourth-order valence-corrected chi connectivity index (χ4v) is 3.62. The number of methoxy groups -OCH3 is 1. The molecule has 1 aliphatic rings. The summed E-state index contributed by atoms with van der Waals surface area (Å²) in [5, 5.41) is 19.4. The van der Waals surface area contributed by atoms with Crippen LogP contribution in [0.25, 0.3) is 10.9 Å². The molecule has 3 aromatic rings. The van der Waals surface area contributed by atoms with E-state index in [2.05, 4.69) is 20.7 Å². The van der Waals surface area contributed by atoms with Crippen LogP contribution in [0, 0.1) is 5.92 Å². The number of rotatable bonds is 8. The molecule has 0 unspecified atom stereocenters. The Labute approximate surface area is 205 Å². The number of ketones is 1. The van der Waals surface area contributed by atoms with Crippen LogP contribution in [0.3, 0.4) is 0 Å². The molecule has 12 heteroatoms. The number of aromatic nitrogens is 3. The van der Waals surface area contributed by atoms with Crippen molar-refractivity contribution in [2.45, 2.75) is 38.3 Å². The van der Waals surface area contributed by atoms with Gasteiger partial charge in [0.25, 0.3) is 0 Å². The van der Waals surface area contributed by atoms with Gasteiger partial charge in [-0.25, -0.2) is 4.98 Å². The fourth-order valence-electron chi connectivity index (χ4n) is 3.62. The second-order valence-electron chi connectivity index (χ2n) is 7.96. The van der Waals surface area contributed by atoms with Crippen LogP contribution < -0.4 is 15.4 Å². The zero-order valence-corrected chi connectivity index (χ0v) is 18.5. The molecule has 0 bridgehead atoms. The molecular formula is C23H24F3N5O4. The summed E-state index contributed by atoms with van der Waals surface area (Å²) >= 11 is 0. The van der Waals surface area contributed by atoms with Crippen LogP contribution in [0.4, 0.5) is 30.5 Å². The van der Waals surface area contributed by atoms with Crippen molar-refractivity contribution in [2.75, 3.05) is 17.7 Å². The first-order chi connectivity index (χ1) is 18.5. The van der Waals surface area contributed by atoms with Gasteiger partial charge in [0.15, 0.2) is 17.7 Å². The van der Waals surface area contributed by atoms with E-state index in [1.165, 1.54) is 17.8 Å². The summed E-state index contributed by atoms with van der Waals surface area (Å²) in [6.45, 7) is -3.34. The van der Waals surface area contributed by atoms with Crippen molar-refractivity contribution in [3.05, 3.63) is 35.5 Å². The Morgan fingerprint density at radius 3 is 2.77 bits per heavy atom. The smallest absolute Gasteiger partial charge is 0.418 e. The van der Waals surface area contributed by atoms with Gasteiger partial charge in [0.05, 0.1) is 29.3 Å². The van der Waals surface area contributed by atoms with Crippen LogP contribution >= 0.6 is 0 Å². The molecule has 1 fully saturated rings. The summed E-state index contributed by atoms with van der Waals surface area (Å²) in [4.78, 5) is 29.3. The zero-order chi connectivity index (χ0) is 29.8. The van der Waals surface area contributed by atoms with Gasteiger partial charge in [-0.2, -0.15) is 18.3 Å². The molecule has 9 nitrogen and oxygen atoms in total. The monoisotopic (exact) mass is 496 g/mol. The summed E-state index contributed by atoms with van der Waals surface area (Å²) in [5.41, 5.74) is -1.10. The summed E-state index contributed by atoms with van der Waals surface area (Å²) in [6.07, 6.45) is -9.00. The second kappa shape index (κ2) is 9.17. The minimum Gasteiger partial charge on any atom is -0.496 e. The highest BCUT2D eigenvalue weighted by molar-refractivity contribution is 6.04. The van der Waals surface area contributed by atoms with Gasteiger partial charge in [-0.1, -0.05) is 12.9 Å². The molecule has 3 N–H and O–H groups in total. The molecule has 0 radical (unpaired) electrons. The Morgan fingerprint density at radius 2 is 2.14 bits per heavy atom. The predicted molar refractivity (Wildman–Crippen MR) is 122 cm³/mol. The molecular weight excluding hydrogens is 467 g/mol. The van der Waals surface area contributed by atoms with E-state index in [9.17, 15) is 27.9 Å². The van der Waals surface area contributed by atoms with Gasteiger partial charge in [-0.3, -0.25) is 14.3 Å². The Balaban J connectivity index is 1.87. The molecule has 1 amide bonds. The first-order valence-electron chi connectivity index (χ1n) is 12.9. The summed E-state index contributed by atoms with van der Waals surface area (Å²) in [6, 6.07) is 3.46. The number of pyridine rings is 1. The number of fused-ring (bicyclic) bond motifs is 1. The Morgan fingerprint density at radius 1 is 1.40 bits per heavy atom. The number of amides is 1. The maximum atomic E-state index is 13.4. The number of Topliss-reactive ketones (excluding diaryl/α,β-unsaturated/α-hetero) is 1. The number of aryl methyl sites for hydroxylation is 1. The molecule has 35 heavy (non-hydrogen) atoms. The maximum absolute atomic E-state index is 13.4. The van der Waals surface area contributed by atoms with Crippen LogP contribution in [0.2, 0.25) is 0 Å². The average molecular weight is 497 g/mol. The lowest BCUT2D eigenvalue weighted by Crippen LogP contribution is -2.20. The van der Waals surface area contributed by atoms with Gasteiger partial charge in [0.2, 0.25) is 5.91 Å². The van der Waals surface area contributed by atoms with Gasteiger partial charge in [-0.15, -0.1) is 0 Å². The van der Waals surface area contributed by atoms with E-state index < -0.39 is 42.4 Å². The number of nitrogens with one attached hydrogen (secondary N) is 2. The lowest BCUT2D eigenvalue weighted by molar-refractivity contribution is -0.207. The number of hydrogen-bond acceptors (Lipinski definition) is 7. The van der Waals surface area contributed by atoms with Crippen molar-refractivity contribution in [2.24, 2.45) is 13.0 Å².